The minimum absolute atomic E-state index is 0.128. The molecule has 0 saturated carbocycles. The van der Waals surface area contributed by atoms with Crippen molar-refractivity contribution in [3.63, 3.8) is 0 Å². The fourth-order valence-corrected chi connectivity index (χ4v) is 4.33. The Morgan fingerprint density at radius 3 is 2.50 bits per heavy atom. The number of aryl methyl sites for hydroxylation is 2. The molecule has 160 valence electrons. The van der Waals surface area contributed by atoms with Crippen molar-refractivity contribution in [3.8, 4) is 5.75 Å². The average Bonchev–Trinajstić information content (AvgIpc) is 2.64. The number of nitrogens with zero attached hydrogens (tertiary/aromatic N) is 1. The maximum atomic E-state index is 12.9. The zero-order valence-electron chi connectivity index (χ0n) is 17.3. The molecule has 0 spiro atoms. The molecule has 3 rings (SSSR count). The van der Waals surface area contributed by atoms with E-state index in [0.29, 0.717) is 16.9 Å². The lowest BCUT2D eigenvalue weighted by Gasteiger charge is -2.29. The van der Waals surface area contributed by atoms with Crippen molar-refractivity contribution in [2.45, 2.75) is 38.7 Å². The maximum absolute atomic E-state index is 12.9. The van der Waals surface area contributed by atoms with E-state index in [1.807, 2.05) is 18.6 Å². The number of amides is 2. The van der Waals surface area contributed by atoms with E-state index in [9.17, 15) is 22.8 Å². The monoisotopic (exact) mass is 433 g/mol. The molecule has 30 heavy (non-hydrogen) atoms. The first-order chi connectivity index (χ1) is 13.9. The molecule has 2 aromatic rings. The van der Waals surface area contributed by atoms with Gasteiger partial charge in [-0.1, -0.05) is 13.8 Å². The van der Waals surface area contributed by atoms with E-state index < -0.39 is 27.6 Å². The Balaban J connectivity index is 1.97. The number of hydrogen-bond donors (Lipinski definition) is 2. The first kappa shape index (κ1) is 21.6. The highest BCUT2D eigenvalue weighted by Gasteiger charge is 2.32. The predicted molar refractivity (Wildman–Crippen MR) is 110 cm³/mol. The molecule has 0 radical (unpaired) electrons. The Hall–Kier alpha value is -3.14. The largest absolute Gasteiger partial charge is 0.478 e. The van der Waals surface area contributed by atoms with E-state index in [1.54, 1.807) is 13.0 Å². The Kier molecular flexibility index (Phi) is 5.46. The maximum Gasteiger partial charge on any atom is 0.270 e. The zero-order chi connectivity index (χ0) is 22.4. The van der Waals surface area contributed by atoms with E-state index in [-0.39, 0.29) is 28.0 Å². The second-order valence-corrected chi connectivity index (χ2v) is 9.22. The van der Waals surface area contributed by atoms with Crippen molar-refractivity contribution < 1.29 is 22.7 Å². The van der Waals surface area contributed by atoms with Crippen LogP contribution in [0.25, 0.3) is 0 Å². The number of pyridine rings is 1. The topological polar surface area (TPSA) is 124 Å². The van der Waals surface area contributed by atoms with Crippen LogP contribution in [0.1, 0.15) is 35.5 Å². The third-order valence-electron chi connectivity index (χ3n) is 4.97. The number of rotatable bonds is 4. The van der Waals surface area contributed by atoms with Gasteiger partial charge in [-0.15, -0.1) is 0 Å². The summed E-state index contributed by atoms with van der Waals surface area (Å²) in [6.45, 7) is 6.84. The van der Waals surface area contributed by atoms with Gasteiger partial charge in [0.1, 0.15) is 11.3 Å². The van der Waals surface area contributed by atoms with Crippen LogP contribution in [0.15, 0.2) is 34.0 Å². The quantitative estimate of drug-likeness (QED) is 0.753. The molecule has 10 heteroatoms. The van der Waals surface area contributed by atoms with E-state index in [4.69, 9.17) is 4.74 Å². The molecule has 2 heterocycles. The van der Waals surface area contributed by atoms with Crippen molar-refractivity contribution in [1.29, 1.82) is 0 Å². The number of carbonyl (C=O) groups is 2. The summed E-state index contributed by atoms with van der Waals surface area (Å²) in [4.78, 5) is 36.8. The molecule has 0 unspecified atom stereocenters. The second-order valence-electron chi connectivity index (χ2n) is 7.57. The third kappa shape index (κ3) is 3.82. The van der Waals surface area contributed by atoms with Gasteiger partial charge in [0, 0.05) is 18.8 Å². The number of ether oxygens (including phenoxy) is 1. The Morgan fingerprint density at radius 1 is 1.20 bits per heavy atom. The molecule has 1 atom stereocenters. The van der Waals surface area contributed by atoms with E-state index in [0.717, 1.165) is 0 Å². The lowest BCUT2D eigenvalue weighted by Crippen LogP contribution is -2.41. The lowest BCUT2D eigenvalue weighted by molar-refractivity contribution is -0.125. The molecule has 1 aliphatic heterocycles. The Morgan fingerprint density at radius 2 is 1.87 bits per heavy atom. The summed E-state index contributed by atoms with van der Waals surface area (Å²) < 4.78 is 34.7. The molecule has 0 aliphatic carbocycles. The number of sulfonamides is 1. The molecule has 2 amide bonds. The molecular weight excluding hydrogens is 410 g/mol. The summed E-state index contributed by atoms with van der Waals surface area (Å²) in [6.07, 6.45) is -0.763. The molecule has 1 aromatic heterocycles. The number of hydrogen-bond acceptors (Lipinski definition) is 6. The highest BCUT2D eigenvalue weighted by atomic mass is 32.2. The van der Waals surface area contributed by atoms with E-state index in [2.05, 4.69) is 5.32 Å². The van der Waals surface area contributed by atoms with Gasteiger partial charge in [0.05, 0.1) is 10.6 Å². The van der Waals surface area contributed by atoms with Crippen molar-refractivity contribution in [3.05, 3.63) is 51.4 Å². The van der Waals surface area contributed by atoms with Gasteiger partial charge in [0.25, 0.3) is 27.4 Å². The molecule has 9 nitrogen and oxygen atoms in total. The van der Waals surface area contributed by atoms with Crippen LogP contribution < -0.4 is 20.3 Å². The number of aromatic nitrogens is 1. The number of anilines is 1. The van der Waals surface area contributed by atoms with Gasteiger partial charge in [0.2, 0.25) is 0 Å². The minimum Gasteiger partial charge on any atom is -0.478 e. The van der Waals surface area contributed by atoms with Gasteiger partial charge in [0.15, 0.2) is 6.10 Å². The molecule has 0 saturated heterocycles. The van der Waals surface area contributed by atoms with Gasteiger partial charge >= 0.3 is 0 Å². The van der Waals surface area contributed by atoms with Crippen molar-refractivity contribution in [2.75, 3.05) is 5.32 Å². The van der Waals surface area contributed by atoms with Crippen molar-refractivity contribution in [1.82, 2.24) is 9.29 Å². The molecule has 0 fully saturated rings. The van der Waals surface area contributed by atoms with E-state index >= 15 is 0 Å². The van der Waals surface area contributed by atoms with Crippen LogP contribution in [0.3, 0.4) is 0 Å². The summed E-state index contributed by atoms with van der Waals surface area (Å²) in [5.41, 5.74) is 0.398. The first-order valence-electron chi connectivity index (χ1n) is 9.28. The van der Waals surface area contributed by atoms with Crippen LogP contribution in [0, 0.1) is 19.8 Å². The van der Waals surface area contributed by atoms with Gasteiger partial charge in [-0.25, -0.2) is 13.1 Å². The van der Waals surface area contributed by atoms with Crippen LogP contribution in [0.5, 0.6) is 5.75 Å². The summed E-state index contributed by atoms with van der Waals surface area (Å²) in [7, 11) is -2.81. The summed E-state index contributed by atoms with van der Waals surface area (Å²) in [5.74, 6) is -1.27. The van der Waals surface area contributed by atoms with Crippen molar-refractivity contribution >= 4 is 27.5 Å². The van der Waals surface area contributed by atoms with Crippen LogP contribution in [-0.2, 0) is 21.9 Å². The van der Waals surface area contributed by atoms with E-state index in [1.165, 1.54) is 36.7 Å². The smallest absolute Gasteiger partial charge is 0.270 e. The fourth-order valence-electron chi connectivity index (χ4n) is 3.12. The summed E-state index contributed by atoms with van der Waals surface area (Å²) in [5, 5.41) is 2.71. The first-order valence-corrected chi connectivity index (χ1v) is 10.8. The summed E-state index contributed by atoms with van der Waals surface area (Å²) >= 11 is 0. The third-order valence-corrected chi connectivity index (χ3v) is 6.44. The molecule has 2 N–H and O–H groups in total. The van der Waals surface area contributed by atoms with Gasteiger partial charge in [-0.2, -0.15) is 0 Å². The fraction of sp³-hybridized carbons (Fsp3) is 0.350. The number of fused-ring (bicyclic) bond motifs is 1. The lowest BCUT2D eigenvalue weighted by atomic mass is 10.0. The van der Waals surface area contributed by atoms with Crippen LogP contribution in [-0.4, -0.2) is 30.9 Å². The Labute approximate surface area is 174 Å². The highest BCUT2D eigenvalue weighted by Crippen LogP contribution is 2.35. The molecule has 0 bridgehead atoms. The number of carbonyl (C=O) groups excluding carboxylic acids is 2. The highest BCUT2D eigenvalue weighted by molar-refractivity contribution is 7.90. The Bertz CT molecular complexity index is 1210. The molecule has 1 aliphatic rings. The van der Waals surface area contributed by atoms with Gasteiger partial charge in [-0.05, 0) is 43.5 Å². The standard InChI is InChI=1S/C20H23N3O6S/c1-10(2)17-19(25)21-14-8-11(3)16(9-15(14)29-17)30(27,28)22-18(24)13-7-6-12(4)23(5)20(13)26/h6-10,17H,1-5H3,(H,21,25)(H,22,24)/t17-/m1/s1. The van der Waals surface area contributed by atoms with Crippen molar-refractivity contribution in [2.24, 2.45) is 13.0 Å². The van der Waals surface area contributed by atoms with Gasteiger partial charge in [-0.3, -0.25) is 14.4 Å². The zero-order valence-corrected chi connectivity index (χ0v) is 18.1. The van der Waals surface area contributed by atoms with Crippen LogP contribution >= 0.6 is 0 Å². The average molecular weight is 433 g/mol. The predicted octanol–water partition coefficient (Wildman–Crippen LogP) is 1.48. The molecule has 1 aromatic carbocycles. The number of nitrogens with one attached hydrogen (secondary N) is 2. The van der Waals surface area contributed by atoms with Crippen LogP contribution in [0.4, 0.5) is 5.69 Å². The SMILES string of the molecule is Cc1cc2c(cc1S(=O)(=O)NC(=O)c1ccc(C)n(C)c1=O)O[C@H](C(C)C)C(=O)N2. The normalized spacial score (nSPS) is 15.9. The van der Waals surface area contributed by atoms with Gasteiger partial charge < -0.3 is 14.6 Å². The second kappa shape index (κ2) is 7.60. The minimum atomic E-state index is -4.30. The van der Waals surface area contributed by atoms with Crippen LogP contribution in [0.2, 0.25) is 0 Å². The number of benzene rings is 1. The molecular formula is C20H23N3O6S. The summed E-state index contributed by atoms with van der Waals surface area (Å²) in [6, 6.07) is 5.57.